The lowest BCUT2D eigenvalue weighted by Gasteiger charge is -2.28. The van der Waals surface area contributed by atoms with Gasteiger partial charge in [0.2, 0.25) is 0 Å². The molecule has 0 radical (unpaired) electrons. The van der Waals surface area contributed by atoms with E-state index in [1.54, 1.807) is 0 Å². The first-order valence-electron chi connectivity index (χ1n) is 7.08. The number of aryl methyl sites for hydroxylation is 1. The van der Waals surface area contributed by atoms with E-state index in [-0.39, 0.29) is 12.1 Å². The topological polar surface area (TPSA) is 58.2 Å². The van der Waals surface area contributed by atoms with Crippen molar-refractivity contribution in [3.8, 4) is 0 Å². The van der Waals surface area contributed by atoms with Crippen LogP contribution in [0.4, 0.5) is 4.79 Å². The predicted molar refractivity (Wildman–Crippen MR) is 81.3 cm³/mol. The Morgan fingerprint density at radius 3 is 2.65 bits per heavy atom. The Morgan fingerprint density at radius 1 is 1.50 bits per heavy atom. The molecular formula is C14H25N3O2Si. The van der Waals surface area contributed by atoms with Gasteiger partial charge in [-0.25, -0.2) is 9.78 Å². The van der Waals surface area contributed by atoms with Gasteiger partial charge in [0.25, 0.3) is 0 Å². The maximum atomic E-state index is 12.4. The third-order valence-electron chi connectivity index (χ3n) is 3.39. The number of nitrogens with one attached hydrogen (secondary N) is 1. The molecule has 2 rings (SSSR count). The van der Waals surface area contributed by atoms with E-state index in [1.165, 1.54) is 0 Å². The van der Waals surface area contributed by atoms with Crippen molar-refractivity contribution < 1.29 is 9.53 Å². The molecule has 5 nitrogen and oxygen atoms in total. The van der Waals surface area contributed by atoms with Crippen molar-refractivity contribution in [3.05, 3.63) is 17.7 Å². The number of hydrogen-bond acceptors (Lipinski definition) is 3. The normalized spacial score (nSPS) is 22.1. The van der Waals surface area contributed by atoms with Crippen molar-refractivity contribution >= 4 is 14.2 Å². The summed E-state index contributed by atoms with van der Waals surface area (Å²) in [5, 5.41) is 0. The molecule has 1 aliphatic heterocycles. The summed E-state index contributed by atoms with van der Waals surface area (Å²) < 4.78 is 5.54. The summed E-state index contributed by atoms with van der Waals surface area (Å²) in [7, 11) is -1.41. The maximum Gasteiger partial charge on any atom is 0.410 e. The zero-order valence-corrected chi connectivity index (χ0v) is 14.3. The van der Waals surface area contributed by atoms with E-state index in [9.17, 15) is 4.79 Å². The second-order valence-electron chi connectivity index (χ2n) is 7.44. The summed E-state index contributed by atoms with van der Waals surface area (Å²) in [6.45, 7) is 12.3. The van der Waals surface area contributed by atoms with Gasteiger partial charge in [-0.15, -0.1) is 0 Å². The van der Waals surface area contributed by atoms with Crippen LogP contribution in [0.2, 0.25) is 19.1 Å². The first-order valence-corrected chi connectivity index (χ1v) is 10.5. The number of rotatable bonds is 1. The Hall–Kier alpha value is -1.30. The van der Waals surface area contributed by atoms with Gasteiger partial charge in [-0.3, -0.25) is 0 Å². The molecule has 1 saturated heterocycles. The van der Waals surface area contributed by atoms with Crippen LogP contribution in [0.25, 0.3) is 0 Å². The van der Waals surface area contributed by atoms with Crippen molar-refractivity contribution in [2.45, 2.75) is 58.5 Å². The van der Waals surface area contributed by atoms with E-state index in [1.807, 2.05) is 38.8 Å². The Kier molecular flexibility index (Phi) is 3.71. The number of carbonyl (C=O) groups excluding carboxylic acids is 1. The highest BCUT2D eigenvalue weighted by Crippen LogP contribution is 2.37. The van der Waals surface area contributed by atoms with Gasteiger partial charge in [-0.2, -0.15) is 0 Å². The van der Waals surface area contributed by atoms with Crippen LogP contribution in [-0.2, 0) is 4.74 Å². The molecule has 1 aromatic heterocycles. The molecule has 1 amide bonds. The Labute approximate surface area is 121 Å². The van der Waals surface area contributed by atoms with E-state index >= 15 is 0 Å². The fourth-order valence-electron chi connectivity index (χ4n) is 2.63. The van der Waals surface area contributed by atoms with Crippen LogP contribution < -0.4 is 0 Å². The number of ether oxygens (including phenoxy) is 1. The van der Waals surface area contributed by atoms with Gasteiger partial charge in [0.1, 0.15) is 11.4 Å². The van der Waals surface area contributed by atoms with E-state index in [2.05, 4.69) is 23.1 Å². The number of H-pyrrole nitrogens is 1. The molecule has 1 aliphatic rings. The smallest absolute Gasteiger partial charge is 0.410 e. The maximum absolute atomic E-state index is 12.4. The van der Waals surface area contributed by atoms with Crippen LogP contribution in [0.15, 0.2) is 6.20 Å². The van der Waals surface area contributed by atoms with Gasteiger partial charge >= 0.3 is 6.09 Å². The molecular weight excluding hydrogens is 270 g/mol. The third kappa shape index (κ3) is 3.42. The minimum Gasteiger partial charge on any atom is -0.444 e. The lowest BCUT2D eigenvalue weighted by molar-refractivity contribution is 0.0229. The highest BCUT2D eigenvalue weighted by Gasteiger charge is 2.44. The number of hydrogen-bond donors (Lipinski definition) is 1. The van der Waals surface area contributed by atoms with Gasteiger partial charge in [0.05, 0.1) is 14.1 Å². The lowest BCUT2D eigenvalue weighted by atomic mass is 10.2. The van der Waals surface area contributed by atoms with Crippen LogP contribution >= 0.6 is 0 Å². The first-order chi connectivity index (χ1) is 9.07. The first kappa shape index (κ1) is 15.1. The fraction of sp³-hybridized carbons (Fsp3) is 0.714. The summed E-state index contributed by atoms with van der Waals surface area (Å²) in [5.41, 5.74) is 0.560. The Balaban J connectivity index is 2.22. The van der Waals surface area contributed by atoms with Crippen LogP contribution in [-0.4, -0.2) is 40.8 Å². The SMILES string of the molecule is Cc1cnc([C@@H]2C[Si](C)(C)CN2C(=O)OC(C)(C)C)[nH]1. The number of aromatic amines is 1. The van der Waals surface area contributed by atoms with Gasteiger partial charge in [-0.05, 0) is 33.7 Å². The number of aromatic nitrogens is 2. The van der Waals surface area contributed by atoms with Crippen molar-refractivity contribution in [2.24, 2.45) is 0 Å². The van der Waals surface area contributed by atoms with Gasteiger partial charge in [0, 0.05) is 18.1 Å². The van der Waals surface area contributed by atoms with Gasteiger partial charge in [-0.1, -0.05) is 13.1 Å². The average Bonchev–Trinajstić information content (AvgIpc) is 2.79. The largest absolute Gasteiger partial charge is 0.444 e. The summed E-state index contributed by atoms with van der Waals surface area (Å²) in [6, 6.07) is 1.05. The molecule has 1 N–H and O–H groups in total. The molecule has 0 unspecified atom stereocenters. The van der Waals surface area contributed by atoms with Crippen LogP contribution in [0, 0.1) is 6.92 Å². The molecule has 0 aliphatic carbocycles. The number of amides is 1. The predicted octanol–water partition coefficient (Wildman–Crippen LogP) is 3.26. The van der Waals surface area contributed by atoms with Crippen LogP contribution in [0.5, 0.6) is 0 Å². The average molecular weight is 295 g/mol. The van der Waals surface area contributed by atoms with E-state index in [0.29, 0.717) is 0 Å². The van der Waals surface area contributed by atoms with Crippen molar-refractivity contribution in [2.75, 3.05) is 6.17 Å². The van der Waals surface area contributed by atoms with Crippen molar-refractivity contribution in [3.63, 3.8) is 0 Å². The molecule has 1 fully saturated rings. The minimum absolute atomic E-state index is 0.0280. The summed E-state index contributed by atoms with van der Waals surface area (Å²) in [5.74, 6) is 0.881. The second-order valence-corrected chi connectivity index (χ2v) is 12.5. The molecule has 0 bridgehead atoms. The molecule has 1 atom stereocenters. The molecule has 20 heavy (non-hydrogen) atoms. The number of nitrogens with zero attached hydrogens (tertiary/aromatic N) is 2. The van der Waals surface area contributed by atoms with Gasteiger partial charge in [0.15, 0.2) is 0 Å². The van der Waals surface area contributed by atoms with E-state index < -0.39 is 13.7 Å². The summed E-state index contributed by atoms with van der Waals surface area (Å²) in [6.07, 6.45) is 2.41. The fourth-order valence-corrected chi connectivity index (χ4v) is 5.49. The molecule has 112 valence electrons. The number of carbonyl (C=O) groups is 1. The van der Waals surface area contributed by atoms with Crippen molar-refractivity contribution in [1.29, 1.82) is 0 Å². The monoisotopic (exact) mass is 295 g/mol. The zero-order chi connectivity index (χ0) is 15.1. The summed E-state index contributed by atoms with van der Waals surface area (Å²) >= 11 is 0. The lowest BCUT2D eigenvalue weighted by Crippen LogP contribution is -2.39. The molecule has 6 heteroatoms. The van der Waals surface area contributed by atoms with Crippen LogP contribution in [0.1, 0.15) is 38.3 Å². The Bertz CT molecular complexity index is 505. The van der Waals surface area contributed by atoms with Crippen molar-refractivity contribution in [1.82, 2.24) is 14.9 Å². The highest BCUT2D eigenvalue weighted by molar-refractivity contribution is 6.78. The zero-order valence-electron chi connectivity index (χ0n) is 13.3. The van der Waals surface area contributed by atoms with Gasteiger partial charge < -0.3 is 14.6 Å². The molecule has 0 aromatic carbocycles. The Morgan fingerprint density at radius 2 is 2.15 bits per heavy atom. The third-order valence-corrected chi connectivity index (χ3v) is 6.08. The summed E-state index contributed by atoms with van der Waals surface area (Å²) in [4.78, 5) is 22.0. The van der Waals surface area contributed by atoms with Crippen LogP contribution in [0.3, 0.4) is 0 Å². The minimum atomic E-state index is -1.41. The molecule has 2 heterocycles. The van der Waals surface area contributed by atoms with E-state index in [0.717, 1.165) is 23.7 Å². The van der Waals surface area contributed by atoms with E-state index in [4.69, 9.17) is 4.74 Å². The molecule has 0 spiro atoms. The standard InChI is InChI=1S/C14H25N3O2Si/c1-10-7-15-12(16-10)11-8-20(5,6)9-17(11)13(18)19-14(2,3)4/h7,11H,8-9H2,1-6H3,(H,15,16)/t11-/m0/s1. The molecule has 0 saturated carbocycles. The second kappa shape index (κ2) is 4.91. The number of imidazole rings is 1. The molecule has 1 aromatic rings. The quantitative estimate of drug-likeness (QED) is 0.809. The highest BCUT2D eigenvalue weighted by atomic mass is 28.3.